The van der Waals surface area contributed by atoms with E-state index in [4.69, 9.17) is 0 Å². The molecule has 0 saturated carbocycles. The largest absolute Gasteiger partial charge is 0.302 e. The lowest BCUT2D eigenvalue weighted by molar-refractivity contribution is 0.843. The molecule has 0 aliphatic carbocycles. The van der Waals surface area contributed by atoms with E-state index < -0.39 is 0 Å². The van der Waals surface area contributed by atoms with Crippen molar-refractivity contribution in [2.45, 2.75) is 0 Å². The van der Waals surface area contributed by atoms with Crippen LogP contribution in [0.4, 0.5) is 0 Å². The highest BCUT2D eigenvalue weighted by Crippen LogP contribution is 2.34. The first kappa shape index (κ1) is 16.3. The first-order valence-corrected chi connectivity index (χ1v) is 8.97. The minimum absolute atomic E-state index is 0.0656. The Morgan fingerprint density at radius 2 is 1.61 bits per heavy atom. The average Bonchev–Trinajstić information content (AvgIpc) is 2.76. The zero-order valence-corrected chi connectivity index (χ0v) is 15.2. The van der Waals surface area contributed by atoms with Crippen LogP contribution in [-0.2, 0) is 7.05 Å². The van der Waals surface area contributed by atoms with Gasteiger partial charge in [0.25, 0.3) is 5.56 Å². The van der Waals surface area contributed by atoms with Crippen molar-refractivity contribution >= 4 is 21.8 Å². The molecule has 0 radical (unpaired) electrons. The molecule has 0 amide bonds. The molecule has 3 heterocycles. The third-order valence-corrected chi connectivity index (χ3v) is 4.92. The Hall–Kier alpha value is -3.86. The van der Waals surface area contributed by atoms with E-state index in [2.05, 4.69) is 15.0 Å². The summed E-state index contributed by atoms with van der Waals surface area (Å²) in [6.07, 6.45) is 5.11. The lowest BCUT2D eigenvalue weighted by atomic mass is 9.97. The highest BCUT2D eigenvalue weighted by Gasteiger charge is 2.13. The molecule has 0 aliphatic heterocycles. The normalized spacial score (nSPS) is 11.2. The average molecular weight is 364 g/mol. The number of para-hydroxylation sites is 1. The maximum absolute atomic E-state index is 12.5. The van der Waals surface area contributed by atoms with Crippen molar-refractivity contribution in [3.63, 3.8) is 0 Å². The fourth-order valence-corrected chi connectivity index (χ4v) is 3.53. The molecular formula is C23H16N4O. The van der Waals surface area contributed by atoms with Crippen molar-refractivity contribution in [3.05, 3.63) is 89.7 Å². The van der Waals surface area contributed by atoms with Gasteiger partial charge < -0.3 is 4.57 Å². The number of aryl methyl sites for hydroxylation is 1. The number of hydrogen-bond acceptors (Lipinski definition) is 4. The van der Waals surface area contributed by atoms with Gasteiger partial charge in [-0.25, -0.2) is 4.98 Å². The topological polar surface area (TPSA) is 60.7 Å². The van der Waals surface area contributed by atoms with Gasteiger partial charge in [0.05, 0.1) is 28.4 Å². The third-order valence-electron chi connectivity index (χ3n) is 4.92. The molecule has 5 heteroatoms. The standard InChI is InChI=1S/C23H16N4O/c1-27-14-26-20-10-9-16(13-19(20)23(27)28)17-8-4-12-25-22(17)18-7-2-5-15-6-3-11-24-21(15)18/h2-14H,1H3. The van der Waals surface area contributed by atoms with Crippen LogP contribution < -0.4 is 5.56 Å². The highest BCUT2D eigenvalue weighted by atomic mass is 16.1. The van der Waals surface area contributed by atoms with E-state index in [0.717, 1.165) is 33.3 Å². The van der Waals surface area contributed by atoms with E-state index in [9.17, 15) is 4.79 Å². The molecule has 3 aromatic heterocycles. The van der Waals surface area contributed by atoms with E-state index in [-0.39, 0.29) is 5.56 Å². The molecule has 0 bridgehead atoms. The van der Waals surface area contributed by atoms with Crippen LogP contribution in [0.1, 0.15) is 0 Å². The maximum atomic E-state index is 12.5. The Morgan fingerprint density at radius 1 is 0.821 bits per heavy atom. The summed E-state index contributed by atoms with van der Waals surface area (Å²) < 4.78 is 1.49. The van der Waals surface area contributed by atoms with Crippen LogP contribution in [0.25, 0.3) is 44.2 Å². The number of pyridine rings is 2. The van der Waals surface area contributed by atoms with Crippen LogP contribution >= 0.6 is 0 Å². The molecular weight excluding hydrogens is 348 g/mol. The van der Waals surface area contributed by atoms with Crippen molar-refractivity contribution in [2.24, 2.45) is 7.05 Å². The van der Waals surface area contributed by atoms with Crippen molar-refractivity contribution in [3.8, 4) is 22.4 Å². The molecule has 0 atom stereocenters. The van der Waals surface area contributed by atoms with Gasteiger partial charge in [-0.15, -0.1) is 0 Å². The van der Waals surface area contributed by atoms with Gasteiger partial charge in [0.15, 0.2) is 0 Å². The number of hydrogen-bond donors (Lipinski definition) is 0. The summed E-state index contributed by atoms with van der Waals surface area (Å²) in [5, 5.41) is 1.65. The van der Waals surface area contributed by atoms with Gasteiger partial charge in [-0.05, 0) is 29.8 Å². The molecule has 5 rings (SSSR count). The van der Waals surface area contributed by atoms with Crippen LogP contribution in [0.5, 0.6) is 0 Å². The van der Waals surface area contributed by atoms with Crippen LogP contribution in [0.15, 0.2) is 84.2 Å². The Kier molecular flexibility index (Phi) is 3.72. The third kappa shape index (κ3) is 2.56. The van der Waals surface area contributed by atoms with Gasteiger partial charge in [-0.1, -0.05) is 36.4 Å². The number of nitrogens with zero attached hydrogens (tertiary/aromatic N) is 4. The maximum Gasteiger partial charge on any atom is 0.260 e. The van der Waals surface area contributed by atoms with Gasteiger partial charge >= 0.3 is 0 Å². The smallest absolute Gasteiger partial charge is 0.260 e. The minimum atomic E-state index is -0.0656. The molecule has 2 aromatic carbocycles. The zero-order valence-electron chi connectivity index (χ0n) is 15.2. The van der Waals surface area contributed by atoms with Gasteiger partial charge in [0.1, 0.15) is 0 Å². The van der Waals surface area contributed by atoms with E-state index >= 15 is 0 Å². The Labute approximate surface area is 161 Å². The monoisotopic (exact) mass is 364 g/mol. The molecule has 28 heavy (non-hydrogen) atoms. The SMILES string of the molecule is Cn1cnc2ccc(-c3cccnc3-c3cccc4cccnc34)cc2c1=O. The number of aromatic nitrogens is 4. The van der Waals surface area contributed by atoms with Crippen molar-refractivity contribution in [2.75, 3.05) is 0 Å². The second-order valence-electron chi connectivity index (χ2n) is 6.67. The second-order valence-corrected chi connectivity index (χ2v) is 6.67. The molecule has 0 unspecified atom stereocenters. The Morgan fingerprint density at radius 3 is 2.54 bits per heavy atom. The highest BCUT2D eigenvalue weighted by molar-refractivity contribution is 5.97. The Bertz CT molecular complexity index is 1400. The fourth-order valence-electron chi connectivity index (χ4n) is 3.53. The van der Waals surface area contributed by atoms with Crippen LogP contribution in [0, 0.1) is 0 Å². The molecule has 0 N–H and O–H groups in total. The van der Waals surface area contributed by atoms with Crippen molar-refractivity contribution in [1.29, 1.82) is 0 Å². The lowest BCUT2D eigenvalue weighted by Gasteiger charge is -2.11. The van der Waals surface area contributed by atoms with Crippen LogP contribution in [0.2, 0.25) is 0 Å². The summed E-state index contributed by atoms with van der Waals surface area (Å²) in [4.78, 5) is 26.1. The van der Waals surface area contributed by atoms with Crippen LogP contribution in [0.3, 0.4) is 0 Å². The van der Waals surface area contributed by atoms with Gasteiger partial charge in [0.2, 0.25) is 0 Å². The van der Waals surface area contributed by atoms with E-state index in [0.29, 0.717) is 10.9 Å². The molecule has 0 spiro atoms. The Balaban J connectivity index is 1.78. The summed E-state index contributed by atoms with van der Waals surface area (Å²) >= 11 is 0. The predicted molar refractivity (Wildman–Crippen MR) is 111 cm³/mol. The molecule has 5 aromatic rings. The van der Waals surface area contributed by atoms with Crippen molar-refractivity contribution in [1.82, 2.24) is 19.5 Å². The predicted octanol–water partition coefficient (Wildman–Crippen LogP) is 4.21. The summed E-state index contributed by atoms with van der Waals surface area (Å²) in [6, 6.07) is 19.7. The molecule has 5 nitrogen and oxygen atoms in total. The summed E-state index contributed by atoms with van der Waals surface area (Å²) in [5.74, 6) is 0. The first-order valence-electron chi connectivity index (χ1n) is 8.97. The van der Waals surface area contributed by atoms with E-state index in [1.807, 2.05) is 60.7 Å². The van der Waals surface area contributed by atoms with Gasteiger partial charge in [-0.3, -0.25) is 14.8 Å². The number of benzene rings is 2. The number of rotatable bonds is 2. The minimum Gasteiger partial charge on any atom is -0.302 e. The van der Waals surface area contributed by atoms with Gasteiger partial charge in [0, 0.05) is 36.0 Å². The van der Waals surface area contributed by atoms with Crippen molar-refractivity contribution < 1.29 is 0 Å². The zero-order chi connectivity index (χ0) is 19.1. The first-order chi connectivity index (χ1) is 13.7. The van der Waals surface area contributed by atoms with Gasteiger partial charge in [-0.2, -0.15) is 0 Å². The molecule has 0 fully saturated rings. The van der Waals surface area contributed by atoms with E-state index in [1.165, 1.54) is 4.57 Å². The lowest BCUT2D eigenvalue weighted by Crippen LogP contribution is -2.16. The summed E-state index contributed by atoms with van der Waals surface area (Å²) in [6.45, 7) is 0. The molecule has 0 saturated heterocycles. The fraction of sp³-hybridized carbons (Fsp3) is 0.0435. The molecule has 134 valence electrons. The molecule has 0 aliphatic rings. The quantitative estimate of drug-likeness (QED) is 0.471. The summed E-state index contributed by atoms with van der Waals surface area (Å²) in [5.41, 5.74) is 5.21. The second kappa shape index (κ2) is 6.39. The number of fused-ring (bicyclic) bond motifs is 2. The summed E-state index contributed by atoms with van der Waals surface area (Å²) in [7, 11) is 1.71. The van der Waals surface area contributed by atoms with Crippen LogP contribution in [-0.4, -0.2) is 19.5 Å². The van der Waals surface area contributed by atoms with E-state index in [1.54, 1.807) is 25.8 Å².